The first-order valence-corrected chi connectivity index (χ1v) is 11.5. The third-order valence-corrected chi connectivity index (χ3v) is 5.42. The van der Waals surface area contributed by atoms with E-state index in [0.29, 0.717) is 46.7 Å². The molecule has 0 radical (unpaired) electrons. The summed E-state index contributed by atoms with van der Waals surface area (Å²) in [5.74, 6) is 1.63. The average molecular weight is 510 g/mol. The molecule has 0 saturated carbocycles. The van der Waals surface area contributed by atoms with Gasteiger partial charge in [0.2, 0.25) is 5.89 Å². The maximum absolute atomic E-state index is 13.2. The summed E-state index contributed by atoms with van der Waals surface area (Å²) < 4.78 is 17.7. The lowest BCUT2D eigenvalue weighted by molar-refractivity contribution is 0.102. The van der Waals surface area contributed by atoms with Gasteiger partial charge in [0, 0.05) is 15.7 Å². The molecule has 1 N–H and O–H groups in total. The van der Waals surface area contributed by atoms with Gasteiger partial charge < -0.3 is 18.9 Å². The summed E-state index contributed by atoms with van der Waals surface area (Å²) in [5, 5.41) is 11.2. The normalized spacial score (nSPS) is 11.1. The van der Waals surface area contributed by atoms with Crippen molar-refractivity contribution in [3.05, 3.63) is 70.4 Å². The van der Waals surface area contributed by atoms with Crippen LogP contribution in [-0.4, -0.2) is 22.7 Å². The van der Waals surface area contributed by atoms with Gasteiger partial charge in [0.15, 0.2) is 5.76 Å². The molecule has 170 valence electrons. The molecule has 2 aromatic heterocycles. The Kier molecular flexibility index (Phi) is 6.93. The van der Waals surface area contributed by atoms with Gasteiger partial charge in [-0.3, -0.25) is 4.79 Å². The molecule has 0 fully saturated rings. The summed E-state index contributed by atoms with van der Waals surface area (Å²) in [4.78, 5) is 13.2. The van der Waals surface area contributed by atoms with Crippen molar-refractivity contribution in [1.29, 1.82) is 0 Å². The molecule has 4 aromatic rings. The van der Waals surface area contributed by atoms with Gasteiger partial charge in [-0.1, -0.05) is 36.7 Å². The molecular weight excluding hydrogens is 486 g/mol. The molecule has 2 aromatic carbocycles. The molecule has 0 atom stereocenters. The van der Waals surface area contributed by atoms with Crippen LogP contribution in [0.25, 0.3) is 23.1 Å². The fourth-order valence-electron chi connectivity index (χ4n) is 3.24. The van der Waals surface area contributed by atoms with Crippen LogP contribution in [0.15, 0.2) is 68.1 Å². The number of ether oxygens (including phenoxy) is 1. The van der Waals surface area contributed by atoms with Crippen LogP contribution < -0.4 is 10.1 Å². The van der Waals surface area contributed by atoms with E-state index in [9.17, 15) is 4.79 Å². The van der Waals surface area contributed by atoms with Crippen molar-refractivity contribution < 1.29 is 18.4 Å². The van der Waals surface area contributed by atoms with Crippen molar-refractivity contribution in [2.75, 3.05) is 11.9 Å². The molecule has 0 spiro atoms. The topological polar surface area (TPSA) is 90.4 Å². The molecule has 0 unspecified atom stereocenters. The molecule has 8 heteroatoms. The van der Waals surface area contributed by atoms with Crippen molar-refractivity contribution in [1.82, 2.24) is 10.2 Å². The highest BCUT2D eigenvalue weighted by Crippen LogP contribution is 2.31. The van der Waals surface area contributed by atoms with Crippen LogP contribution >= 0.6 is 15.9 Å². The smallest absolute Gasteiger partial charge is 0.283 e. The number of rotatable bonds is 8. The molecular formula is C25H24BrN3O4. The lowest BCUT2D eigenvalue weighted by atomic mass is 9.99. The lowest BCUT2D eigenvalue weighted by Gasteiger charge is -2.14. The summed E-state index contributed by atoms with van der Waals surface area (Å²) in [6.07, 6.45) is 2.40. The Labute approximate surface area is 200 Å². The SMILES string of the molecule is CCCOc1ccc(Br)cc1C(=O)Nc1cc(-c2nnc(-c3ccco3)o2)cc(C(C)C)c1. The van der Waals surface area contributed by atoms with Crippen LogP contribution in [0.2, 0.25) is 0 Å². The Morgan fingerprint density at radius 3 is 2.67 bits per heavy atom. The molecule has 7 nitrogen and oxygen atoms in total. The maximum atomic E-state index is 13.2. The Morgan fingerprint density at radius 1 is 1.12 bits per heavy atom. The number of aromatic nitrogens is 2. The van der Waals surface area contributed by atoms with Crippen LogP contribution in [0.4, 0.5) is 5.69 Å². The Bertz CT molecular complexity index is 1250. The van der Waals surface area contributed by atoms with Gasteiger partial charge in [-0.05, 0) is 66.4 Å². The fourth-order valence-corrected chi connectivity index (χ4v) is 3.60. The Balaban J connectivity index is 1.66. The third kappa shape index (κ3) is 5.34. The van der Waals surface area contributed by atoms with E-state index in [1.165, 1.54) is 0 Å². The summed E-state index contributed by atoms with van der Waals surface area (Å²) in [6.45, 7) is 6.71. The van der Waals surface area contributed by atoms with E-state index in [2.05, 4.69) is 45.3 Å². The van der Waals surface area contributed by atoms with Crippen LogP contribution in [0.5, 0.6) is 5.75 Å². The van der Waals surface area contributed by atoms with Gasteiger partial charge in [-0.2, -0.15) is 0 Å². The summed E-state index contributed by atoms with van der Waals surface area (Å²) in [5.41, 5.74) is 2.81. The van der Waals surface area contributed by atoms with Crippen molar-refractivity contribution in [2.45, 2.75) is 33.1 Å². The van der Waals surface area contributed by atoms with Crippen LogP contribution in [0.1, 0.15) is 49.0 Å². The number of nitrogens with one attached hydrogen (secondary N) is 1. The minimum absolute atomic E-state index is 0.224. The first kappa shape index (κ1) is 22.8. The fraction of sp³-hybridized carbons (Fsp3) is 0.240. The molecule has 0 aliphatic rings. The van der Waals surface area contributed by atoms with Crippen LogP contribution in [0, 0.1) is 0 Å². The second kappa shape index (κ2) is 10.0. The number of hydrogen-bond acceptors (Lipinski definition) is 6. The number of halogens is 1. The molecule has 4 rings (SSSR count). The predicted molar refractivity (Wildman–Crippen MR) is 129 cm³/mol. The van der Waals surface area contributed by atoms with Gasteiger partial charge >= 0.3 is 0 Å². The maximum Gasteiger partial charge on any atom is 0.283 e. The summed E-state index contributed by atoms with van der Waals surface area (Å²) in [7, 11) is 0. The number of amides is 1. The number of benzene rings is 2. The van der Waals surface area contributed by atoms with Gasteiger partial charge in [-0.15, -0.1) is 10.2 Å². The molecule has 0 saturated heterocycles. The number of anilines is 1. The zero-order valence-corrected chi connectivity index (χ0v) is 20.2. The quantitative estimate of drug-likeness (QED) is 0.277. The van der Waals surface area contributed by atoms with Gasteiger partial charge in [0.1, 0.15) is 5.75 Å². The highest BCUT2D eigenvalue weighted by molar-refractivity contribution is 9.10. The average Bonchev–Trinajstić information content (AvgIpc) is 3.50. The highest BCUT2D eigenvalue weighted by atomic mass is 79.9. The van der Waals surface area contributed by atoms with Gasteiger partial charge in [0.05, 0.1) is 18.4 Å². The summed E-state index contributed by atoms with van der Waals surface area (Å²) in [6, 6.07) is 14.6. The third-order valence-electron chi connectivity index (χ3n) is 4.93. The Morgan fingerprint density at radius 2 is 1.94 bits per heavy atom. The molecule has 0 bridgehead atoms. The van der Waals surface area contributed by atoms with Crippen molar-refractivity contribution in [3.63, 3.8) is 0 Å². The number of furan rings is 1. The minimum Gasteiger partial charge on any atom is -0.493 e. The largest absolute Gasteiger partial charge is 0.493 e. The number of hydrogen-bond donors (Lipinski definition) is 1. The van der Waals surface area contributed by atoms with E-state index in [1.54, 1.807) is 30.5 Å². The highest BCUT2D eigenvalue weighted by Gasteiger charge is 2.18. The molecule has 1 amide bonds. The van der Waals surface area contributed by atoms with E-state index < -0.39 is 0 Å². The lowest BCUT2D eigenvalue weighted by Crippen LogP contribution is -2.14. The summed E-state index contributed by atoms with van der Waals surface area (Å²) >= 11 is 3.44. The van der Waals surface area contributed by atoms with E-state index in [-0.39, 0.29) is 11.8 Å². The predicted octanol–water partition coefficient (Wildman–Crippen LogP) is 6.92. The molecule has 0 aliphatic carbocycles. The minimum atomic E-state index is -0.268. The van der Waals surface area contributed by atoms with Crippen molar-refractivity contribution in [3.8, 4) is 28.9 Å². The zero-order chi connectivity index (χ0) is 23.4. The molecule has 2 heterocycles. The van der Waals surface area contributed by atoms with Crippen molar-refractivity contribution >= 4 is 27.5 Å². The second-order valence-electron chi connectivity index (χ2n) is 7.83. The standard InChI is InChI=1S/C25H24BrN3O4/c1-4-9-31-21-8-7-18(26)14-20(21)23(30)27-19-12-16(15(2)3)11-17(13-19)24-28-29-25(33-24)22-6-5-10-32-22/h5-8,10-15H,4,9H2,1-3H3,(H,27,30). The number of carbonyl (C=O) groups excluding carboxylic acids is 1. The van der Waals surface area contributed by atoms with Crippen molar-refractivity contribution in [2.24, 2.45) is 0 Å². The van der Waals surface area contributed by atoms with E-state index in [1.807, 2.05) is 31.2 Å². The monoisotopic (exact) mass is 509 g/mol. The van der Waals surface area contributed by atoms with Crippen LogP contribution in [0.3, 0.4) is 0 Å². The van der Waals surface area contributed by atoms with E-state index >= 15 is 0 Å². The number of carbonyl (C=O) groups is 1. The zero-order valence-electron chi connectivity index (χ0n) is 18.6. The van der Waals surface area contributed by atoms with Gasteiger partial charge in [0.25, 0.3) is 11.8 Å². The first-order valence-electron chi connectivity index (χ1n) is 10.7. The molecule has 33 heavy (non-hydrogen) atoms. The van der Waals surface area contributed by atoms with Gasteiger partial charge in [-0.25, -0.2) is 0 Å². The Hall–Kier alpha value is -3.39. The second-order valence-corrected chi connectivity index (χ2v) is 8.75. The van der Waals surface area contributed by atoms with E-state index in [0.717, 1.165) is 16.5 Å². The van der Waals surface area contributed by atoms with E-state index in [4.69, 9.17) is 13.6 Å². The molecule has 0 aliphatic heterocycles. The first-order chi connectivity index (χ1) is 15.9. The number of nitrogens with zero attached hydrogens (tertiary/aromatic N) is 2. The van der Waals surface area contributed by atoms with Crippen LogP contribution in [-0.2, 0) is 0 Å².